The largest absolute Gasteiger partial charge is 0.346 e. The third-order valence-corrected chi connectivity index (χ3v) is 3.21. The van der Waals surface area contributed by atoms with Gasteiger partial charge in [0.25, 0.3) is 0 Å². The lowest BCUT2D eigenvalue weighted by Gasteiger charge is -2.12. The number of amides is 1. The van der Waals surface area contributed by atoms with Crippen LogP contribution >= 0.6 is 11.6 Å². The van der Waals surface area contributed by atoms with Crippen molar-refractivity contribution >= 4 is 23.6 Å². The molecule has 2 aromatic carbocycles. The van der Waals surface area contributed by atoms with Crippen molar-refractivity contribution in [1.29, 1.82) is 0 Å². The van der Waals surface area contributed by atoms with Crippen LogP contribution in [0.2, 0.25) is 5.02 Å². The molecule has 0 spiro atoms. The molecule has 0 aromatic heterocycles. The number of benzene rings is 2. The molecule has 2 rings (SSSR count). The molecule has 102 valence electrons. The molecule has 0 radical (unpaired) electrons. The lowest BCUT2D eigenvalue weighted by Crippen LogP contribution is -2.24. The topological polar surface area (TPSA) is 29.1 Å². The standard InChI is InChI=1S/C17H16ClNO/c1-13(15-5-3-2-4-6-15)19-17(20)12-9-14-7-10-16(18)11-8-14/h2-13H,1H3,(H,19,20)/t13-/m0/s1. The number of carbonyl (C=O) groups is 1. The second-order valence-corrected chi connectivity index (χ2v) is 4.96. The first-order valence-corrected chi connectivity index (χ1v) is 6.82. The summed E-state index contributed by atoms with van der Waals surface area (Å²) in [7, 11) is 0. The van der Waals surface area contributed by atoms with Crippen molar-refractivity contribution < 1.29 is 4.79 Å². The third-order valence-electron chi connectivity index (χ3n) is 2.96. The van der Waals surface area contributed by atoms with E-state index in [-0.39, 0.29) is 11.9 Å². The Bertz CT molecular complexity index is 590. The van der Waals surface area contributed by atoms with Crippen LogP contribution in [0.1, 0.15) is 24.1 Å². The summed E-state index contributed by atoms with van der Waals surface area (Å²) in [5.41, 5.74) is 2.03. The normalized spacial score (nSPS) is 12.3. The molecule has 0 aliphatic heterocycles. The van der Waals surface area contributed by atoms with Gasteiger partial charge in [0, 0.05) is 11.1 Å². The molecule has 3 heteroatoms. The first kappa shape index (κ1) is 14.4. The predicted octanol–water partition coefficient (Wildman–Crippen LogP) is 4.23. The maximum Gasteiger partial charge on any atom is 0.244 e. The van der Waals surface area contributed by atoms with Crippen LogP contribution in [-0.2, 0) is 4.79 Å². The second-order valence-electron chi connectivity index (χ2n) is 4.53. The molecule has 0 unspecified atom stereocenters. The van der Waals surface area contributed by atoms with Gasteiger partial charge in [0.15, 0.2) is 0 Å². The van der Waals surface area contributed by atoms with Crippen LogP contribution in [0.15, 0.2) is 60.7 Å². The third kappa shape index (κ3) is 4.25. The molecule has 0 aliphatic carbocycles. The van der Waals surface area contributed by atoms with Crippen LogP contribution in [0.4, 0.5) is 0 Å². The van der Waals surface area contributed by atoms with Crippen LogP contribution < -0.4 is 5.32 Å². The van der Waals surface area contributed by atoms with Crippen LogP contribution in [0.5, 0.6) is 0 Å². The first-order valence-electron chi connectivity index (χ1n) is 6.44. The zero-order valence-corrected chi connectivity index (χ0v) is 12.0. The highest BCUT2D eigenvalue weighted by molar-refractivity contribution is 6.30. The number of rotatable bonds is 4. The minimum atomic E-state index is -0.115. The Morgan fingerprint density at radius 1 is 1.10 bits per heavy atom. The van der Waals surface area contributed by atoms with Gasteiger partial charge in [-0.2, -0.15) is 0 Å². The zero-order valence-electron chi connectivity index (χ0n) is 11.2. The Kier molecular flexibility index (Phi) is 4.97. The molecule has 2 aromatic rings. The monoisotopic (exact) mass is 285 g/mol. The summed E-state index contributed by atoms with van der Waals surface area (Å²) >= 11 is 5.81. The Morgan fingerprint density at radius 2 is 1.75 bits per heavy atom. The van der Waals surface area contributed by atoms with Gasteiger partial charge in [-0.25, -0.2) is 0 Å². The number of nitrogens with one attached hydrogen (secondary N) is 1. The molecule has 0 saturated heterocycles. The van der Waals surface area contributed by atoms with E-state index in [0.29, 0.717) is 5.02 Å². The molecule has 1 atom stereocenters. The summed E-state index contributed by atoms with van der Waals surface area (Å²) in [6.45, 7) is 1.96. The Morgan fingerprint density at radius 3 is 2.40 bits per heavy atom. The summed E-state index contributed by atoms with van der Waals surface area (Å²) in [4.78, 5) is 11.8. The van der Waals surface area contributed by atoms with E-state index in [1.807, 2.05) is 49.4 Å². The van der Waals surface area contributed by atoms with Crippen molar-refractivity contribution in [1.82, 2.24) is 5.32 Å². The maximum atomic E-state index is 11.8. The highest BCUT2D eigenvalue weighted by Crippen LogP contribution is 2.12. The Labute approximate surface area is 124 Å². The van der Waals surface area contributed by atoms with Crippen molar-refractivity contribution in [2.24, 2.45) is 0 Å². The van der Waals surface area contributed by atoms with Gasteiger partial charge < -0.3 is 5.32 Å². The van der Waals surface area contributed by atoms with Crippen molar-refractivity contribution in [2.75, 3.05) is 0 Å². The van der Waals surface area contributed by atoms with Crippen LogP contribution in [0.25, 0.3) is 6.08 Å². The zero-order chi connectivity index (χ0) is 14.4. The van der Waals surface area contributed by atoms with E-state index in [4.69, 9.17) is 11.6 Å². The van der Waals surface area contributed by atoms with Crippen LogP contribution in [0.3, 0.4) is 0 Å². The molecule has 0 heterocycles. The fraction of sp³-hybridized carbons (Fsp3) is 0.118. The van der Waals surface area contributed by atoms with E-state index in [2.05, 4.69) is 5.32 Å². The van der Waals surface area contributed by atoms with E-state index in [0.717, 1.165) is 11.1 Å². The van der Waals surface area contributed by atoms with E-state index < -0.39 is 0 Å². The number of hydrogen-bond donors (Lipinski definition) is 1. The van der Waals surface area contributed by atoms with Crippen molar-refractivity contribution in [3.63, 3.8) is 0 Å². The summed E-state index contributed by atoms with van der Waals surface area (Å²) in [5.74, 6) is -0.115. The van der Waals surface area contributed by atoms with Crippen LogP contribution in [0, 0.1) is 0 Å². The van der Waals surface area contributed by atoms with Gasteiger partial charge in [-0.1, -0.05) is 54.1 Å². The number of hydrogen-bond acceptors (Lipinski definition) is 1. The quantitative estimate of drug-likeness (QED) is 0.837. The smallest absolute Gasteiger partial charge is 0.244 e. The minimum Gasteiger partial charge on any atom is -0.346 e. The summed E-state index contributed by atoms with van der Waals surface area (Å²) < 4.78 is 0. The SMILES string of the molecule is C[C@H](NC(=O)C=Cc1ccc(Cl)cc1)c1ccccc1. The average molecular weight is 286 g/mol. The van der Waals surface area contributed by atoms with Crippen LogP contribution in [-0.4, -0.2) is 5.91 Å². The first-order chi connectivity index (χ1) is 9.65. The molecule has 1 N–H and O–H groups in total. The van der Waals surface area contributed by atoms with Gasteiger partial charge >= 0.3 is 0 Å². The highest BCUT2D eigenvalue weighted by Gasteiger charge is 2.06. The Hall–Kier alpha value is -2.06. The number of carbonyl (C=O) groups excluding carboxylic acids is 1. The molecule has 0 aliphatic rings. The van der Waals surface area contributed by atoms with E-state index >= 15 is 0 Å². The Balaban J connectivity index is 1.94. The fourth-order valence-corrected chi connectivity index (χ4v) is 1.96. The lowest BCUT2D eigenvalue weighted by molar-refractivity contribution is -0.117. The summed E-state index contributed by atoms with van der Waals surface area (Å²) in [5, 5.41) is 3.61. The van der Waals surface area contributed by atoms with Crippen molar-refractivity contribution in [3.8, 4) is 0 Å². The second kappa shape index (κ2) is 6.92. The molecule has 2 nitrogen and oxygen atoms in total. The highest BCUT2D eigenvalue weighted by atomic mass is 35.5. The van der Waals surface area contributed by atoms with Gasteiger partial charge in [0.2, 0.25) is 5.91 Å². The molecule has 1 amide bonds. The summed E-state index contributed by atoms with van der Waals surface area (Å²) in [6, 6.07) is 17.2. The molecule has 20 heavy (non-hydrogen) atoms. The molecule has 0 fully saturated rings. The average Bonchev–Trinajstić information content (AvgIpc) is 2.47. The van der Waals surface area contributed by atoms with Gasteiger partial charge in [-0.15, -0.1) is 0 Å². The maximum absolute atomic E-state index is 11.8. The fourth-order valence-electron chi connectivity index (χ4n) is 1.83. The van der Waals surface area contributed by atoms with Crippen molar-refractivity contribution in [2.45, 2.75) is 13.0 Å². The molecule has 0 bridgehead atoms. The van der Waals surface area contributed by atoms with Gasteiger partial charge in [0.05, 0.1) is 6.04 Å². The van der Waals surface area contributed by atoms with Gasteiger partial charge in [-0.3, -0.25) is 4.79 Å². The molecular formula is C17H16ClNO. The van der Waals surface area contributed by atoms with E-state index in [9.17, 15) is 4.79 Å². The molecule has 0 saturated carbocycles. The lowest BCUT2D eigenvalue weighted by atomic mass is 10.1. The van der Waals surface area contributed by atoms with E-state index in [1.54, 1.807) is 18.2 Å². The van der Waals surface area contributed by atoms with Crippen molar-refractivity contribution in [3.05, 3.63) is 76.8 Å². The van der Waals surface area contributed by atoms with Gasteiger partial charge in [-0.05, 0) is 36.3 Å². The predicted molar refractivity (Wildman–Crippen MR) is 83.5 cm³/mol. The van der Waals surface area contributed by atoms with Gasteiger partial charge in [0.1, 0.15) is 0 Å². The van der Waals surface area contributed by atoms with E-state index in [1.165, 1.54) is 6.08 Å². The molecular weight excluding hydrogens is 270 g/mol. The minimum absolute atomic E-state index is 0.0152. The number of halogens is 1. The summed E-state index contributed by atoms with van der Waals surface area (Å²) in [6.07, 6.45) is 3.30.